The van der Waals surface area contributed by atoms with E-state index in [1.807, 2.05) is 29.7 Å². The van der Waals surface area contributed by atoms with Crippen LogP contribution in [0.1, 0.15) is 38.0 Å². The van der Waals surface area contributed by atoms with Gasteiger partial charge >= 0.3 is 0 Å². The minimum atomic E-state index is 0.198. The van der Waals surface area contributed by atoms with E-state index in [2.05, 4.69) is 36.6 Å². The summed E-state index contributed by atoms with van der Waals surface area (Å²) in [6, 6.07) is 10.6. The van der Waals surface area contributed by atoms with Gasteiger partial charge in [-0.2, -0.15) is 11.8 Å². The van der Waals surface area contributed by atoms with Crippen molar-refractivity contribution in [1.29, 1.82) is 0 Å². The van der Waals surface area contributed by atoms with E-state index in [-0.39, 0.29) is 5.91 Å². The zero-order valence-electron chi connectivity index (χ0n) is 13.0. The molecule has 1 unspecified atom stereocenters. The number of carbonyl (C=O) groups is 1. The van der Waals surface area contributed by atoms with Gasteiger partial charge in [-0.05, 0) is 48.4 Å². The van der Waals surface area contributed by atoms with Gasteiger partial charge in [0.2, 0.25) is 0 Å². The molecule has 0 radical (unpaired) electrons. The molecule has 1 aliphatic rings. The maximum Gasteiger partial charge on any atom is 0.263 e. The summed E-state index contributed by atoms with van der Waals surface area (Å²) in [6.07, 6.45) is 1.03. The van der Waals surface area contributed by atoms with Gasteiger partial charge in [-0.15, -0.1) is 11.3 Å². The summed E-state index contributed by atoms with van der Waals surface area (Å²) in [7, 11) is 0. The van der Waals surface area contributed by atoms with Crippen LogP contribution in [0.25, 0.3) is 0 Å². The average Bonchev–Trinajstić information content (AvgIpc) is 2.81. The van der Waals surface area contributed by atoms with E-state index in [9.17, 15) is 4.79 Å². The molecule has 0 aliphatic carbocycles. The lowest BCUT2D eigenvalue weighted by Crippen LogP contribution is -2.32. The maximum absolute atomic E-state index is 12.6. The predicted molar refractivity (Wildman–Crippen MR) is 96.0 cm³/mol. The highest BCUT2D eigenvalue weighted by Gasteiger charge is 2.24. The number of thiophene rings is 1. The molecule has 0 spiro atoms. The third-order valence-corrected chi connectivity index (χ3v) is 6.45. The maximum atomic E-state index is 12.6. The number of aryl methyl sites for hydroxylation is 2. The normalized spacial score (nSPS) is 19.0. The van der Waals surface area contributed by atoms with Crippen LogP contribution in [0.4, 0.5) is 0 Å². The van der Waals surface area contributed by atoms with Crippen LogP contribution >= 0.6 is 23.1 Å². The Bertz CT molecular complexity index is 665. The number of hydrogen-bond donors (Lipinski definition) is 0. The number of amides is 1. The largest absolute Gasteiger partial charge is 0.337 e. The van der Waals surface area contributed by atoms with Crippen LogP contribution < -0.4 is 0 Å². The fourth-order valence-electron chi connectivity index (χ4n) is 2.87. The molecule has 1 aromatic carbocycles. The fourth-order valence-corrected chi connectivity index (χ4v) is 5.06. The Morgan fingerprint density at radius 2 is 2.05 bits per heavy atom. The molecule has 1 amide bonds. The van der Waals surface area contributed by atoms with Crippen molar-refractivity contribution < 1.29 is 4.79 Å². The molecule has 0 bridgehead atoms. The molecule has 1 saturated heterocycles. The highest BCUT2D eigenvalue weighted by molar-refractivity contribution is 7.99. The van der Waals surface area contributed by atoms with Gasteiger partial charge in [-0.3, -0.25) is 4.79 Å². The van der Waals surface area contributed by atoms with Crippen molar-refractivity contribution >= 4 is 29.0 Å². The van der Waals surface area contributed by atoms with Crippen LogP contribution in [0.15, 0.2) is 35.7 Å². The second-order valence-electron chi connectivity index (χ2n) is 5.79. The minimum absolute atomic E-state index is 0.198. The Morgan fingerprint density at radius 3 is 2.77 bits per heavy atom. The first-order valence-electron chi connectivity index (χ1n) is 7.66. The van der Waals surface area contributed by atoms with Gasteiger partial charge < -0.3 is 4.90 Å². The number of carbonyl (C=O) groups excluding carboxylic acids is 1. The summed E-state index contributed by atoms with van der Waals surface area (Å²) >= 11 is 3.54. The zero-order valence-corrected chi connectivity index (χ0v) is 14.7. The van der Waals surface area contributed by atoms with Crippen LogP contribution in [0.5, 0.6) is 0 Å². The monoisotopic (exact) mass is 331 g/mol. The molecular weight excluding hydrogens is 310 g/mol. The highest BCUT2D eigenvalue weighted by Crippen LogP contribution is 2.36. The van der Waals surface area contributed by atoms with Crippen molar-refractivity contribution in [3.63, 3.8) is 0 Å². The van der Waals surface area contributed by atoms with Crippen molar-refractivity contribution in [2.24, 2.45) is 0 Å². The van der Waals surface area contributed by atoms with Crippen LogP contribution in [0.2, 0.25) is 0 Å². The quantitative estimate of drug-likeness (QED) is 0.796. The highest BCUT2D eigenvalue weighted by atomic mass is 32.2. The summed E-state index contributed by atoms with van der Waals surface area (Å²) < 4.78 is 0. The van der Waals surface area contributed by atoms with E-state index in [0.717, 1.165) is 30.1 Å². The average molecular weight is 332 g/mol. The van der Waals surface area contributed by atoms with E-state index in [1.54, 1.807) is 11.3 Å². The lowest BCUT2D eigenvalue weighted by atomic mass is 10.0. The molecule has 0 N–H and O–H groups in total. The van der Waals surface area contributed by atoms with E-state index in [4.69, 9.17) is 0 Å². The SMILES string of the molecule is Cc1csc(C(=O)N2CCSC(c3ccccc3C)CC2)c1. The number of benzene rings is 1. The van der Waals surface area contributed by atoms with E-state index < -0.39 is 0 Å². The molecule has 3 rings (SSSR count). The van der Waals surface area contributed by atoms with Crippen LogP contribution in [-0.4, -0.2) is 29.6 Å². The number of thioether (sulfide) groups is 1. The fraction of sp³-hybridized carbons (Fsp3) is 0.389. The molecule has 1 aliphatic heterocycles. The summed E-state index contributed by atoms with van der Waals surface area (Å²) in [5.74, 6) is 1.21. The first-order valence-corrected chi connectivity index (χ1v) is 9.59. The van der Waals surface area contributed by atoms with Gasteiger partial charge in [0.25, 0.3) is 5.91 Å². The number of hydrogen-bond acceptors (Lipinski definition) is 3. The summed E-state index contributed by atoms with van der Waals surface area (Å²) in [5, 5.41) is 2.56. The first kappa shape index (κ1) is 15.6. The molecular formula is C18H21NOS2. The van der Waals surface area contributed by atoms with Gasteiger partial charge in [0.15, 0.2) is 0 Å². The molecule has 2 heterocycles. The molecule has 1 aromatic heterocycles. The Morgan fingerprint density at radius 1 is 1.23 bits per heavy atom. The molecule has 4 heteroatoms. The minimum Gasteiger partial charge on any atom is -0.337 e. The number of rotatable bonds is 2. The van der Waals surface area contributed by atoms with Gasteiger partial charge in [0.1, 0.15) is 0 Å². The predicted octanol–water partition coefficient (Wildman–Crippen LogP) is 4.69. The van der Waals surface area contributed by atoms with Crippen molar-refractivity contribution in [3.8, 4) is 0 Å². The molecule has 2 aromatic rings. The lowest BCUT2D eigenvalue weighted by molar-refractivity contribution is 0.0771. The Hall–Kier alpha value is -1.26. The summed E-state index contributed by atoms with van der Waals surface area (Å²) in [5.41, 5.74) is 3.96. The Balaban J connectivity index is 1.70. The van der Waals surface area contributed by atoms with Crippen LogP contribution in [-0.2, 0) is 0 Å². The molecule has 2 nitrogen and oxygen atoms in total. The summed E-state index contributed by atoms with van der Waals surface area (Å²) in [6.45, 7) is 5.92. The van der Waals surface area contributed by atoms with E-state index >= 15 is 0 Å². The van der Waals surface area contributed by atoms with Gasteiger partial charge in [-0.25, -0.2) is 0 Å². The Labute approximate surface area is 140 Å². The van der Waals surface area contributed by atoms with Gasteiger partial charge in [-0.1, -0.05) is 24.3 Å². The second kappa shape index (κ2) is 6.88. The van der Waals surface area contributed by atoms with E-state index in [0.29, 0.717) is 5.25 Å². The van der Waals surface area contributed by atoms with Crippen molar-refractivity contribution in [1.82, 2.24) is 4.90 Å². The van der Waals surface area contributed by atoms with Gasteiger partial charge in [0, 0.05) is 24.1 Å². The standard InChI is InChI=1S/C18H21NOS2/c1-13-11-17(22-12-13)18(20)19-8-7-16(21-10-9-19)15-6-4-3-5-14(15)2/h3-6,11-12,16H,7-10H2,1-2H3. The molecule has 0 saturated carbocycles. The zero-order chi connectivity index (χ0) is 15.5. The van der Waals surface area contributed by atoms with Crippen LogP contribution in [0.3, 0.4) is 0 Å². The molecule has 1 fully saturated rings. The second-order valence-corrected chi connectivity index (χ2v) is 8.01. The third kappa shape index (κ3) is 3.39. The molecule has 22 heavy (non-hydrogen) atoms. The number of nitrogens with zero attached hydrogens (tertiary/aromatic N) is 1. The van der Waals surface area contributed by atoms with Gasteiger partial charge in [0.05, 0.1) is 4.88 Å². The van der Waals surface area contributed by atoms with E-state index in [1.165, 1.54) is 16.7 Å². The van der Waals surface area contributed by atoms with Crippen LogP contribution in [0, 0.1) is 13.8 Å². The molecule has 1 atom stereocenters. The Kier molecular flexibility index (Phi) is 4.89. The smallest absolute Gasteiger partial charge is 0.263 e. The van der Waals surface area contributed by atoms with Crippen molar-refractivity contribution in [3.05, 3.63) is 57.3 Å². The third-order valence-electron chi connectivity index (χ3n) is 4.11. The van der Waals surface area contributed by atoms with Crippen molar-refractivity contribution in [2.75, 3.05) is 18.8 Å². The lowest BCUT2D eigenvalue weighted by Gasteiger charge is -2.20. The summed E-state index contributed by atoms with van der Waals surface area (Å²) in [4.78, 5) is 15.5. The molecule has 116 valence electrons. The first-order chi connectivity index (χ1) is 10.6. The van der Waals surface area contributed by atoms with Crippen molar-refractivity contribution in [2.45, 2.75) is 25.5 Å². The topological polar surface area (TPSA) is 20.3 Å².